The summed E-state index contributed by atoms with van der Waals surface area (Å²) in [5.41, 5.74) is 0. The third-order valence-corrected chi connectivity index (χ3v) is 5.76. The summed E-state index contributed by atoms with van der Waals surface area (Å²) in [7, 11) is -9.31. The van der Waals surface area contributed by atoms with Gasteiger partial charge in [-0.1, -0.05) is 23.2 Å². The molecule has 0 heterocycles. The SMILES string of the molecule is O=P(O)(O)NP(=O)(Oc1ccc(Cl)cc1)Oc1ccc(Cl)cc1. The average Bonchev–Trinajstić information content (AvgIpc) is 2.42. The second-order valence-electron chi connectivity index (χ2n) is 4.23. The smallest absolute Gasteiger partial charge is 0.404 e. The van der Waals surface area contributed by atoms with Crippen molar-refractivity contribution in [2.75, 3.05) is 0 Å². The highest BCUT2D eigenvalue weighted by Gasteiger charge is 2.36. The lowest BCUT2D eigenvalue weighted by Crippen LogP contribution is -2.16. The van der Waals surface area contributed by atoms with Crippen molar-refractivity contribution in [3.05, 3.63) is 58.6 Å². The number of benzene rings is 2. The molecule has 0 bridgehead atoms. The highest BCUT2D eigenvalue weighted by Crippen LogP contribution is 2.52. The Morgan fingerprint density at radius 2 is 1.13 bits per heavy atom. The van der Waals surface area contributed by atoms with Crippen LogP contribution in [0.5, 0.6) is 11.5 Å². The van der Waals surface area contributed by atoms with Gasteiger partial charge in [-0.15, -0.1) is 4.86 Å². The molecule has 0 atom stereocenters. The molecular weight excluding hydrogens is 387 g/mol. The van der Waals surface area contributed by atoms with Gasteiger partial charge in [0.15, 0.2) is 0 Å². The van der Waals surface area contributed by atoms with Crippen molar-refractivity contribution in [2.45, 2.75) is 0 Å². The first-order valence-electron chi connectivity index (χ1n) is 6.01. The van der Waals surface area contributed by atoms with Crippen LogP contribution < -0.4 is 13.9 Å². The van der Waals surface area contributed by atoms with Crippen molar-refractivity contribution in [3.8, 4) is 11.5 Å². The Hall–Kier alpha value is -1.04. The van der Waals surface area contributed by atoms with Crippen LogP contribution in [0, 0.1) is 0 Å². The largest absolute Gasteiger partial charge is 0.522 e. The quantitative estimate of drug-likeness (QED) is 0.625. The molecule has 2 rings (SSSR count). The molecule has 0 spiro atoms. The second-order valence-corrected chi connectivity index (χ2v) is 8.35. The Bertz CT molecular complexity index is 711. The molecule has 0 radical (unpaired) electrons. The molecule has 0 amide bonds. The van der Waals surface area contributed by atoms with Gasteiger partial charge in [0.2, 0.25) is 0 Å². The van der Waals surface area contributed by atoms with Gasteiger partial charge >= 0.3 is 15.5 Å². The van der Waals surface area contributed by atoms with Crippen molar-refractivity contribution >= 4 is 38.7 Å². The van der Waals surface area contributed by atoms with E-state index in [4.69, 9.17) is 42.0 Å². The molecule has 2 aromatic rings. The fourth-order valence-electron chi connectivity index (χ4n) is 1.49. The number of nitrogens with one attached hydrogen (secondary N) is 1. The van der Waals surface area contributed by atoms with Gasteiger partial charge in [-0.25, -0.2) is 9.13 Å². The summed E-state index contributed by atoms with van der Waals surface area (Å²) in [5.74, 6) is 0.0975. The molecule has 2 aromatic carbocycles. The molecule has 7 nitrogen and oxygen atoms in total. The van der Waals surface area contributed by atoms with Crippen molar-refractivity contribution in [1.82, 2.24) is 4.86 Å². The molecule has 23 heavy (non-hydrogen) atoms. The van der Waals surface area contributed by atoms with E-state index in [0.717, 1.165) is 0 Å². The third kappa shape index (κ3) is 6.16. The van der Waals surface area contributed by atoms with Crippen molar-refractivity contribution in [3.63, 3.8) is 0 Å². The Morgan fingerprint density at radius 3 is 1.43 bits per heavy atom. The lowest BCUT2D eigenvalue weighted by molar-refractivity contribution is 0.345. The lowest BCUT2D eigenvalue weighted by atomic mass is 10.3. The van der Waals surface area contributed by atoms with E-state index in [1.54, 1.807) is 4.86 Å². The molecule has 0 saturated carbocycles. The van der Waals surface area contributed by atoms with E-state index in [9.17, 15) is 9.13 Å². The molecule has 0 unspecified atom stereocenters. The zero-order valence-electron chi connectivity index (χ0n) is 11.3. The van der Waals surface area contributed by atoms with Crippen molar-refractivity contribution in [2.24, 2.45) is 0 Å². The second kappa shape index (κ2) is 7.24. The highest BCUT2D eigenvalue weighted by atomic mass is 35.5. The topological polar surface area (TPSA) is 105 Å². The molecule has 0 aliphatic heterocycles. The maximum absolute atomic E-state index is 12.6. The fraction of sp³-hybridized carbons (Fsp3) is 0. The normalized spacial score (nSPS) is 12.0. The number of hydrogen-bond donors (Lipinski definition) is 3. The molecule has 124 valence electrons. The summed E-state index contributed by atoms with van der Waals surface area (Å²) >= 11 is 11.5. The minimum Gasteiger partial charge on any atom is -0.404 e. The van der Waals surface area contributed by atoms with Crippen LogP contribution in [-0.4, -0.2) is 9.79 Å². The maximum atomic E-state index is 12.6. The van der Waals surface area contributed by atoms with Gasteiger partial charge < -0.3 is 18.8 Å². The molecule has 3 N–H and O–H groups in total. The van der Waals surface area contributed by atoms with E-state index < -0.39 is 15.5 Å². The van der Waals surface area contributed by atoms with Crippen LogP contribution in [-0.2, 0) is 9.13 Å². The Balaban J connectivity index is 2.27. The maximum Gasteiger partial charge on any atom is 0.522 e. The van der Waals surface area contributed by atoms with Crippen LogP contribution in [0.4, 0.5) is 0 Å². The molecule has 0 saturated heterocycles. The number of rotatable bonds is 6. The minimum absolute atomic E-state index is 0.0487. The molecule has 0 aliphatic rings. The van der Waals surface area contributed by atoms with E-state index in [0.29, 0.717) is 10.0 Å². The van der Waals surface area contributed by atoms with Crippen LogP contribution in [0.15, 0.2) is 48.5 Å². The monoisotopic (exact) mass is 397 g/mol. The van der Waals surface area contributed by atoms with Crippen LogP contribution in [0.3, 0.4) is 0 Å². The first-order valence-corrected chi connectivity index (χ1v) is 9.92. The van der Waals surface area contributed by atoms with Crippen molar-refractivity contribution < 1.29 is 28.0 Å². The number of halogens is 2. The molecule has 0 aromatic heterocycles. The standard InChI is InChI=1S/C12H11Cl2NO6P2/c13-9-1-5-11(6-2-9)20-23(19,15-22(16,17)18)21-12-7-3-10(14)4-8-12/h1-8H,(H3,15,16,17,18,19). The van der Waals surface area contributed by atoms with Gasteiger partial charge in [0.1, 0.15) is 11.5 Å². The predicted molar refractivity (Wildman–Crippen MR) is 86.9 cm³/mol. The summed E-state index contributed by atoms with van der Waals surface area (Å²) in [4.78, 5) is 19.6. The zero-order chi connectivity index (χ0) is 17.1. The Morgan fingerprint density at radius 1 is 0.783 bits per heavy atom. The van der Waals surface area contributed by atoms with Gasteiger partial charge in [0.05, 0.1) is 0 Å². The number of hydrogen-bond acceptors (Lipinski definition) is 4. The fourth-order valence-corrected chi connectivity index (χ4v) is 4.18. The predicted octanol–water partition coefficient (Wildman–Crippen LogP) is 4.24. The van der Waals surface area contributed by atoms with Crippen molar-refractivity contribution in [1.29, 1.82) is 0 Å². The zero-order valence-corrected chi connectivity index (χ0v) is 14.6. The first kappa shape index (κ1) is 18.3. The van der Waals surface area contributed by atoms with Crippen LogP contribution >= 0.6 is 38.7 Å². The third-order valence-electron chi connectivity index (χ3n) is 2.33. The molecule has 0 aliphatic carbocycles. The Labute approximate surface area is 141 Å². The average molecular weight is 398 g/mol. The summed E-state index contributed by atoms with van der Waals surface area (Å²) in [6.45, 7) is 0. The lowest BCUT2D eigenvalue weighted by Gasteiger charge is -2.20. The highest BCUT2D eigenvalue weighted by molar-refractivity contribution is 7.67. The first-order chi connectivity index (χ1) is 10.7. The molecule has 0 fully saturated rings. The molecular formula is C12H11Cl2NO6P2. The van der Waals surface area contributed by atoms with Gasteiger partial charge in [-0.3, -0.25) is 0 Å². The Kier molecular flexibility index (Phi) is 5.76. The van der Waals surface area contributed by atoms with Crippen LogP contribution in [0.25, 0.3) is 0 Å². The van der Waals surface area contributed by atoms with Crippen LogP contribution in [0.2, 0.25) is 10.0 Å². The van der Waals surface area contributed by atoms with Crippen LogP contribution in [0.1, 0.15) is 0 Å². The van der Waals surface area contributed by atoms with Gasteiger partial charge in [-0.2, -0.15) is 0 Å². The van der Waals surface area contributed by atoms with E-state index >= 15 is 0 Å². The van der Waals surface area contributed by atoms with Gasteiger partial charge in [-0.05, 0) is 48.5 Å². The van der Waals surface area contributed by atoms with E-state index in [-0.39, 0.29) is 11.5 Å². The van der Waals surface area contributed by atoms with Gasteiger partial charge in [0.25, 0.3) is 0 Å². The van der Waals surface area contributed by atoms with E-state index in [1.165, 1.54) is 48.5 Å². The van der Waals surface area contributed by atoms with E-state index in [1.807, 2.05) is 0 Å². The molecule has 11 heteroatoms. The summed E-state index contributed by atoms with van der Waals surface area (Å²) in [6.07, 6.45) is 0. The summed E-state index contributed by atoms with van der Waals surface area (Å²) < 4.78 is 34.0. The summed E-state index contributed by atoms with van der Waals surface area (Å²) in [6, 6.07) is 11.3. The summed E-state index contributed by atoms with van der Waals surface area (Å²) in [5, 5.41) is 0.822. The minimum atomic E-state index is -4.90. The van der Waals surface area contributed by atoms with Gasteiger partial charge in [0, 0.05) is 10.0 Å². The van der Waals surface area contributed by atoms with E-state index in [2.05, 4.69) is 0 Å².